The first-order valence-electron chi connectivity index (χ1n) is 1.97. The minimum Gasteiger partial charge on any atom is -0.248 e. The van der Waals surface area contributed by atoms with E-state index in [2.05, 4.69) is 0 Å². The molecule has 0 aliphatic heterocycles. The quantitative estimate of drug-likeness (QED) is 0.477. The van der Waals surface area contributed by atoms with Gasteiger partial charge in [-0.3, -0.25) is 0 Å². The van der Waals surface area contributed by atoms with Gasteiger partial charge in [0.1, 0.15) is 0 Å². The number of halogens is 2. The molecule has 0 aromatic carbocycles. The average Bonchev–Trinajstić information content (AvgIpc) is 1.35. The van der Waals surface area contributed by atoms with Crippen LogP contribution in [0.4, 0.5) is 4.39 Å². The summed E-state index contributed by atoms with van der Waals surface area (Å²) in [7, 11) is 0. The molecule has 0 bridgehead atoms. The van der Waals surface area contributed by atoms with Crippen LogP contribution in [0.2, 0.25) is 0 Å². The molecule has 0 fully saturated rings. The molecule has 6 heavy (non-hydrogen) atoms. The molecule has 0 saturated carbocycles. The Morgan fingerprint density at radius 3 is 2.33 bits per heavy atom. The summed E-state index contributed by atoms with van der Waals surface area (Å²) in [6.07, 6.45) is -0.260. The Balaban J connectivity index is 2.63. The summed E-state index contributed by atoms with van der Waals surface area (Å²) in [5, 5.41) is 0. The van der Waals surface area contributed by atoms with Crippen molar-refractivity contribution in [1.29, 1.82) is 0 Å². The van der Waals surface area contributed by atoms with Crippen molar-refractivity contribution in [3.05, 3.63) is 0 Å². The van der Waals surface area contributed by atoms with Crippen LogP contribution < -0.4 is 0 Å². The van der Waals surface area contributed by atoms with Crippen molar-refractivity contribution in [2.45, 2.75) is 19.5 Å². The van der Waals surface area contributed by atoms with Gasteiger partial charge >= 0.3 is 0 Å². The van der Waals surface area contributed by atoms with Gasteiger partial charge in [0.15, 0.2) is 0 Å². The van der Waals surface area contributed by atoms with Crippen molar-refractivity contribution in [2.75, 3.05) is 5.88 Å². The van der Waals surface area contributed by atoms with Gasteiger partial charge in [0.05, 0.1) is 6.17 Å². The van der Waals surface area contributed by atoms with Crippen LogP contribution in [0.1, 0.15) is 13.3 Å². The van der Waals surface area contributed by atoms with Crippen LogP contribution in [0.25, 0.3) is 0 Å². The predicted molar refractivity (Wildman–Crippen MR) is 25.9 cm³/mol. The minimum atomic E-state index is -0.734. The zero-order valence-corrected chi connectivity index (χ0v) is 4.50. The van der Waals surface area contributed by atoms with Crippen LogP contribution >= 0.6 is 11.6 Å². The average molecular weight is 111 g/mol. The monoisotopic (exact) mass is 110 g/mol. The molecule has 0 heterocycles. The lowest BCUT2D eigenvalue weighted by molar-refractivity contribution is 0.354. The normalized spacial score (nSPS) is 14.5. The van der Waals surface area contributed by atoms with E-state index in [4.69, 9.17) is 11.6 Å². The zero-order chi connectivity index (χ0) is 4.99. The topological polar surface area (TPSA) is 0 Å². The Kier molecular flexibility index (Phi) is 3.54. The molecule has 2 heteroatoms. The maximum atomic E-state index is 11.6. The molecule has 0 aromatic rings. The molecular weight excluding hydrogens is 102 g/mol. The maximum Gasteiger partial charge on any atom is 0.0984 e. The van der Waals surface area contributed by atoms with Gasteiger partial charge in [-0.2, -0.15) is 0 Å². The third-order valence-electron chi connectivity index (χ3n) is 0.507. The third kappa shape index (κ3) is 4.22. The molecular formula is C4H8ClF. The molecule has 0 rings (SSSR count). The maximum absolute atomic E-state index is 11.6. The van der Waals surface area contributed by atoms with Gasteiger partial charge in [-0.05, 0) is 13.3 Å². The van der Waals surface area contributed by atoms with Gasteiger partial charge in [0.2, 0.25) is 0 Å². The van der Waals surface area contributed by atoms with Crippen LogP contribution in [-0.2, 0) is 0 Å². The van der Waals surface area contributed by atoms with Gasteiger partial charge < -0.3 is 0 Å². The lowest BCUT2D eigenvalue weighted by Gasteiger charge is -1.90. The van der Waals surface area contributed by atoms with E-state index in [9.17, 15) is 4.39 Å². The molecule has 0 amide bonds. The summed E-state index contributed by atoms with van der Waals surface area (Å²) < 4.78 is 11.6. The van der Waals surface area contributed by atoms with E-state index >= 15 is 0 Å². The molecule has 0 nitrogen and oxygen atoms in total. The van der Waals surface area contributed by atoms with Gasteiger partial charge in [0.25, 0.3) is 0 Å². The molecule has 0 radical (unpaired) electrons. The molecule has 0 N–H and O–H groups in total. The smallest absolute Gasteiger partial charge is 0.0984 e. The number of rotatable bonds is 2. The first-order chi connectivity index (χ1) is 2.77. The Labute approximate surface area is 42.3 Å². The van der Waals surface area contributed by atoms with E-state index in [0.717, 1.165) is 0 Å². The molecule has 0 spiro atoms. The van der Waals surface area contributed by atoms with Gasteiger partial charge in [-0.15, -0.1) is 11.6 Å². The zero-order valence-electron chi connectivity index (χ0n) is 3.75. The highest BCUT2D eigenvalue weighted by molar-refractivity contribution is 6.17. The van der Waals surface area contributed by atoms with Gasteiger partial charge in [-0.25, -0.2) is 4.39 Å². The first kappa shape index (κ1) is 6.22. The fourth-order valence-electron chi connectivity index (χ4n) is 0.150. The van der Waals surface area contributed by atoms with Crippen molar-refractivity contribution >= 4 is 11.6 Å². The van der Waals surface area contributed by atoms with Crippen LogP contribution in [0.5, 0.6) is 0 Å². The highest BCUT2D eigenvalue weighted by Crippen LogP contribution is 1.95. The Bertz CT molecular complexity index is 28.7. The molecule has 0 aliphatic carbocycles. The van der Waals surface area contributed by atoms with E-state index in [1.165, 1.54) is 6.92 Å². The van der Waals surface area contributed by atoms with Crippen molar-refractivity contribution in [3.63, 3.8) is 0 Å². The minimum absolute atomic E-state index is 0.428. The van der Waals surface area contributed by atoms with Crippen LogP contribution in [-0.4, -0.2) is 12.1 Å². The fourth-order valence-corrected chi connectivity index (χ4v) is 0.451. The number of hydrogen-bond donors (Lipinski definition) is 0. The standard InChI is InChI=1S/C4H8ClF/c1-4(6)2-3-5/h4H,2-3H2,1H3. The summed E-state index contributed by atoms with van der Waals surface area (Å²) in [6, 6.07) is 0. The summed E-state index contributed by atoms with van der Waals surface area (Å²) in [5.41, 5.74) is 0. The van der Waals surface area contributed by atoms with Crippen LogP contribution in [0, 0.1) is 0 Å². The molecule has 1 unspecified atom stereocenters. The van der Waals surface area contributed by atoms with Gasteiger partial charge in [0, 0.05) is 5.88 Å². The van der Waals surface area contributed by atoms with E-state index in [0.29, 0.717) is 12.3 Å². The predicted octanol–water partition coefficient (Wildman–Crippen LogP) is 1.97. The summed E-state index contributed by atoms with van der Waals surface area (Å²) in [5.74, 6) is 0.428. The second-order valence-electron chi connectivity index (χ2n) is 1.26. The lowest BCUT2D eigenvalue weighted by Crippen LogP contribution is -1.90. The second kappa shape index (κ2) is 3.41. The highest BCUT2D eigenvalue weighted by Gasteiger charge is 1.91. The second-order valence-corrected chi connectivity index (χ2v) is 1.64. The summed E-state index contributed by atoms with van der Waals surface area (Å²) in [6.45, 7) is 1.50. The molecule has 1 atom stereocenters. The summed E-state index contributed by atoms with van der Waals surface area (Å²) in [4.78, 5) is 0. The largest absolute Gasteiger partial charge is 0.248 e. The van der Waals surface area contributed by atoms with E-state index < -0.39 is 6.17 Å². The number of alkyl halides is 2. The van der Waals surface area contributed by atoms with Gasteiger partial charge in [-0.1, -0.05) is 0 Å². The SMILES string of the molecule is CC(F)CCCl. The molecule has 0 saturated heterocycles. The molecule has 38 valence electrons. The lowest BCUT2D eigenvalue weighted by atomic mass is 10.3. The van der Waals surface area contributed by atoms with Crippen LogP contribution in [0.3, 0.4) is 0 Å². The molecule has 0 aliphatic rings. The summed E-state index contributed by atoms with van der Waals surface area (Å²) >= 11 is 5.16. The third-order valence-corrected chi connectivity index (χ3v) is 0.725. The Morgan fingerprint density at radius 1 is 1.83 bits per heavy atom. The van der Waals surface area contributed by atoms with E-state index in [-0.39, 0.29) is 0 Å². The Hall–Kier alpha value is 0.220. The van der Waals surface area contributed by atoms with Crippen molar-refractivity contribution in [2.24, 2.45) is 0 Å². The number of hydrogen-bond acceptors (Lipinski definition) is 0. The van der Waals surface area contributed by atoms with E-state index in [1.807, 2.05) is 0 Å². The van der Waals surface area contributed by atoms with Crippen molar-refractivity contribution < 1.29 is 4.39 Å². The van der Waals surface area contributed by atoms with Crippen LogP contribution in [0.15, 0.2) is 0 Å². The fraction of sp³-hybridized carbons (Fsp3) is 1.00. The highest BCUT2D eigenvalue weighted by atomic mass is 35.5. The Morgan fingerprint density at radius 2 is 2.33 bits per heavy atom. The molecule has 0 aromatic heterocycles. The van der Waals surface area contributed by atoms with E-state index in [1.54, 1.807) is 0 Å². The van der Waals surface area contributed by atoms with Crippen molar-refractivity contribution in [1.82, 2.24) is 0 Å². The van der Waals surface area contributed by atoms with Crippen molar-refractivity contribution in [3.8, 4) is 0 Å². The first-order valence-corrected chi connectivity index (χ1v) is 2.51.